The molecule has 0 aliphatic heterocycles. The highest BCUT2D eigenvalue weighted by atomic mass is 32.1. The molecule has 4 heterocycles. The zero-order valence-electron chi connectivity index (χ0n) is 13.1. The molecule has 0 spiro atoms. The molecule has 0 unspecified atom stereocenters. The minimum absolute atomic E-state index is 0.270. The normalized spacial score (nSPS) is 10.8. The number of anilines is 1. The second-order valence-electron chi connectivity index (χ2n) is 5.09. The molecule has 1 N–H and O–H groups in total. The molecule has 0 aliphatic carbocycles. The van der Waals surface area contributed by atoms with Gasteiger partial charge in [0.05, 0.1) is 22.3 Å². The quantitative estimate of drug-likeness (QED) is 0.597. The molecule has 0 fully saturated rings. The van der Waals surface area contributed by atoms with Crippen molar-refractivity contribution in [1.29, 1.82) is 0 Å². The van der Waals surface area contributed by atoms with Crippen molar-refractivity contribution in [2.45, 2.75) is 6.92 Å². The predicted molar refractivity (Wildman–Crippen MR) is 97.3 cm³/mol. The molecule has 0 saturated carbocycles. The van der Waals surface area contributed by atoms with E-state index in [0.717, 1.165) is 9.88 Å². The molecule has 7 nitrogen and oxygen atoms in total. The Hall–Kier alpha value is -2.91. The van der Waals surface area contributed by atoms with Gasteiger partial charge in [-0.1, -0.05) is 23.5 Å². The van der Waals surface area contributed by atoms with Crippen LogP contribution in [0, 0.1) is 6.92 Å². The molecular formula is C16H12N6OS2. The summed E-state index contributed by atoms with van der Waals surface area (Å²) >= 11 is 2.92. The first kappa shape index (κ1) is 15.6. The summed E-state index contributed by atoms with van der Waals surface area (Å²) in [6.45, 7) is 1.83. The van der Waals surface area contributed by atoms with E-state index in [0.29, 0.717) is 22.2 Å². The van der Waals surface area contributed by atoms with Crippen LogP contribution in [-0.2, 0) is 0 Å². The lowest BCUT2D eigenvalue weighted by molar-refractivity contribution is 0.102. The van der Waals surface area contributed by atoms with Crippen molar-refractivity contribution in [2.24, 2.45) is 0 Å². The maximum atomic E-state index is 12.5. The topological polar surface area (TPSA) is 85.6 Å². The Kier molecular flexibility index (Phi) is 4.08. The second-order valence-corrected chi connectivity index (χ2v) is 7.01. The number of hydrogen-bond donors (Lipinski definition) is 1. The van der Waals surface area contributed by atoms with E-state index in [1.165, 1.54) is 17.5 Å². The van der Waals surface area contributed by atoms with Crippen molar-refractivity contribution in [1.82, 2.24) is 25.0 Å². The van der Waals surface area contributed by atoms with Crippen LogP contribution in [0.2, 0.25) is 0 Å². The summed E-state index contributed by atoms with van der Waals surface area (Å²) in [7, 11) is 0. The number of pyridine rings is 1. The van der Waals surface area contributed by atoms with E-state index in [9.17, 15) is 4.79 Å². The zero-order chi connectivity index (χ0) is 17.2. The van der Waals surface area contributed by atoms with E-state index in [1.54, 1.807) is 22.2 Å². The molecule has 0 bridgehead atoms. The molecule has 0 radical (unpaired) electrons. The summed E-state index contributed by atoms with van der Waals surface area (Å²) in [6.07, 6.45) is 3.21. The van der Waals surface area contributed by atoms with Gasteiger partial charge in [-0.15, -0.1) is 21.5 Å². The maximum Gasteiger partial charge on any atom is 0.260 e. The Bertz CT molecular complexity index is 1010. The highest BCUT2D eigenvalue weighted by Gasteiger charge is 2.17. The first-order chi connectivity index (χ1) is 12.2. The monoisotopic (exact) mass is 368 g/mol. The van der Waals surface area contributed by atoms with Crippen molar-refractivity contribution in [3.8, 4) is 15.7 Å². The lowest BCUT2D eigenvalue weighted by Crippen LogP contribution is -2.13. The summed E-state index contributed by atoms with van der Waals surface area (Å²) < 4.78 is 1.63. The zero-order valence-corrected chi connectivity index (χ0v) is 14.7. The van der Waals surface area contributed by atoms with Crippen LogP contribution in [0.5, 0.6) is 0 Å². The third-order valence-electron chi connectivity index (χ3n) is 3.50. The molecule has 0 atom stereocenters. The van der Waals surface area contributed by atoms with Crippen molar-refractivity contribution >= 4 is 33.7 Å². The van der Waals surface area contributed by atoms with Gasteiger partial charge in [0.1, 0.15) is 0 Å². The molecule has 4 aromatic rings. The lowest BCUT2D eigenvalue weighted by Gasteiger charge is -2.04. The van der Waals surface area contributed by atoms with Crippen LogP contribution in [0.25, 0.3) is 15.7 Å². The lowest BCUT2D eigenvalue weighted by atomic mass is 10.2. The number of amides is 1. The van der Waals surface area contributed by atoms with Crippen LogP contribution >= 0.6 is 22.7 Å². The van der Waals surface area contributed by atoms with E-state index in [4.69, 9.17) is 0 Å². The highest BCUT2D eigenvalue weighted by molar-refractivity contribution is 7.23. The van der Waals surface area contributed by atoms with E-state index >= 15 is 0 Å². The first-order valence-electron chi connectivity index (χ1n) is 7.37. The van der Waals surface area contributed by atoms with Gasteiger partial charge in [-0.25, -0.2) is 9.67 Å². The summed E-state index contributed by atoms with van der Waals surface area (Å²) in [6, 6.07) is 9.46. The van der Waals surface area contributed by atoms with Gasteiger partial charge in [-0.2, -0.15) is 5.10 Å². The molecule has 0 aromatic carbocycles. The Morgan fingerprint density at radius 2 is 2.12 bits per heavy atom. The highest BCUT2D eigenvalue weighted by Crippen LogP contribution is 2.30. The van der Waals surface area contributed by atoms with Gasteiger partial charge in [0.2, 0.25) is 5.13 Å². The molecule has 124 valence electrons. The minimum Gasteiger partial charge on any atom is -0.296 e. The Labute approximate surface area is 151 Å². The van der Waals surface area contributed by atoms with Gasteiger partial charge in [0, 0.05) is 6.20 Å². The van der Waals surface area contributed by atoms with Crippen molar-refractivity contribution in [2.75, 3.05) is 5.32 Å². The number of nitrogens with zero attached hydrogens (tertiary/aromatic N) is 5. The molecule has 0 saturated heterocycles. The molecule has 1 amide bonds. The number of thiophene rings is 1. The summed E-state index contributed by atoms with van der Waals surface area (Å²) in [5.74, 6) is 0.392. The maximum absolute atomic E-state index is 12.5. The fourth-order valence-corrected chi connectivity index (χ4v) is 3.81. The number of rotatable bonds is 4. The second kappa shape index (κ2) is 6.54. The molecule has 0 aliphatic rings. The molecular weight excluding hydrogens is 356 g/mol. The average Bonchev–Trinajstić information content (AvgIpc) is 3.35. The van der Waals surface area contributed by atoms with E-state index in [2.05, 4.69) is 25.6 Å². The fraction of sp³-hybridized carbons (Fsp3) is 0.0625. The number of hydrogen-bond acceptors (Lipinski definition) is 7. The van der Waals surface area contributed by atoms with E-state index < -0.39 is 0 Å². The molecule has 25 heavy (non-hydrogen) atoms. The van der Waals surface area contributed by atoms with Gasteiger partial charge in [-0.05, 0) is 30.5 Å². The van der Waals surface area contributed by atoms with Gasteiger partial charge in [0.25, 0.3) is 5.91 Å². The predicted octanol–water partition coefficient (Wildman–Crippen LogP) is 3.41. The first-order valence-corrected chi connectivity index (χ1v) is 9.07. The number of aromatic nitrogens is 5. The van der Waals surface area contributed by atoms with Gasteiger partial charge in [-0.3, -0.25) is 10.1 Å². The average molecular weight is 368 g/mol. The third-order valence-corrected chi connectivity index (χ3v) is 5.38. The van der Waals surface area contributed by atoms with Crippen LogP contribution in [0.4, 0.5) is 5.13 Å². The van der Waals surface area contributed by atoms with Crippen LogP contribution in [0.3, 0.4) is 0 Å². The smallest absolute Gasteiger partial charge is 0.260 e. The van der Waals surface area contributed by atoms with Gasteiger partial charge < -0.3 is 0 Å². The van der Waals surface area contributed by atoms with Crippen LogP contribution < -0.4 is 5.32 Å². The number of carbonyl (C=O) groups is 1. The summed E-state index contributed by atoms with van der Waals surface area (Å²) in [5.41, 5.74) is 1.18. The van der Waals surface area contributed by atoms with Gasteiger partial charge >= 0.3 is 0 Å². The fourth-order valence-electron chi connectivity index (χ4n) is 2.28. The van der Waals surface area contributed by atoms with E-state index in [-0.39, 0.29) is 5.91 Å². The summed E-state index contributed by atoms with van der Waals surface area (Å²) in [5, 5.41) is 18.4. The van der Waals surface area contributed by atoms with Crippen LogP contribution in [-0.4, -0.2) is 30.9 Å². The van der Waals surface area contributed by atoms with Crippen LogP contribution in [0.15, 0.2) is 48.1 Å². The number of nitrogens with one attached hydrogen (secondary N) is 1. The van der Waals surface area contributed by atoms with Crippen molar-refractivity contribution in [3.05, 3.63) is 59.4 Å². The Morgan fingerprint density at radius 3 is 2.88 bits per heavy atom. The standard InChI is InChI=1S/C16H12N6OS2/c1-10-11(9-18-22(10)13-6-2-3-7-17-13)14(23)19-16-21-20-15(25-16)12-5-4-8-24-12/h2-9H,1H3,(H,19,21,23). The minimum atomic E-state index is -0.270. The largest absolute Gasteiger partial charge is 0.296 e. The Morgan fingerprint density at radius 1 is 1.20 bits per heavy atom. The van der Waals surface area contributed by atoms with Crippen molar-refractivity contribution in [3.63, 3.8) is 0 Å². The summed E-state index contributed by atoms with van der Waals surface area (Å²) in [4.78, 5) is 17.8. The van der Waals surface area contributed by atoms with Gasteiger partial charge in [0.15, 0.2) is 10.8 Å². The number of carbonyl (C=O) groups excluding carboxylic acids is 1. The molecule has 4 rings (SSSR count). The Balaban J connectivity index is 1.55. The molecule has 9 heteroatoms. The molecule has 4 aromatic heterocycles. The third kappa shape index (κ3) is 3.06. The SMILES string of the molecule is Cc1c(C(=O)Nc2nnc(-c3cccs3)s2)cnn1-c1ccccn1. The van der Waals surface area contributed by atoms with E-state index in [1.807, 2.05) is 42.6 Å². The van der Waals surface area contributed by atoms with Crippen LogP contribution in [0.1, 0.15) is 16.1 Å². The van der Waals surface area contributed by atoms with Crippen molar-refractivity contribution < 1.29 is 4.79 Å².